The van der Waals surface area contributed by atoms with Crippen molar-refractivity contribution in [2.45, 2.75) is 77.2 Å². The number of hydrogen-bond donors (Lipinski definition) is 1. The Morgan fingerprint density at radius 2 is 2.05 bits per heavy atom. The van der Waals surface area contributed by atoms with E-state index in [4.69, 9.17) is 0 Å². The van der Waals surface area contributed by atoms with Crippen LogP contribution in [0.5, 0.6) is 0 Å². The van der Waals surface area contributed by atoms with E-state index in [-0.39, 0.29) is 6.10 Å². The normalized spacial score (nSPS) is 50.9. The van der Waals surface area contributed by atoms with Crippen LogP contribution in [0.3, 0.4) is 0 Å². The van der Waals surface area contributed by atoms with Crippen molar-refractivity contribution in [3.8, 4) is 0 Å². The van der Waals surface area contributed by atoms with Gasteiger partial charge >= 0.3 is 0 Å². The Hall–Kier alpha value is -0.300. The summed E-state index contributed by atoms with van der Waals surface area (Å²) in [4.78, 5) is 0. The number of hydrogen-bond acceptors (Lipinski definition) is 1. The monoisotopic (exact) mass is 274 g/mol. The van der Waals surface area contributed by atoms with Gasteiger partial charge in [0, 0.05) is 0 Å². The molecule has 0 bridgehead atoms. The summed E-state index contributed by atoms with van der Waals surface area (Å²) in [6, 6.07) is 0. The van der Waals surface area contributed by atoms with E-state index >= 15 is 0 Å². The molecule has 0 aromatic rings. The Morgan fingerprint density at radius 3 is 2.90 bits per heavy atom. The van der Waals surface area contributed by atoms with Crippen LogP contribution >= 0.6 is 0 Å². The largest absolute Gasteiger partial charge is 0.393 e. The van der Waals surface area contributed by atoms with Crippen LogP contribution in [0.15, 0.2) is 11.6 Å². The van der Waals surface area contributed by atoms with Crippen molar-refractivity contribution < 1.29 is 5.11 Å². The molecule has 20 heavy (non-hydrogen) atoms. The van der Waals surface area contributed by atoms with Crippen molar-refractivity contribution in [3.05, 3.63) is 11.6 Å². The number of allylic oxidation sites excluding steroid dienone is 2. The summed E-state index contributed by atoms with van der Waals surface area (Å²) in [5.41, 5.74) is 2.12. The lowest BCUT2D eigenvalue weighted by molar-refractivity contribution is -0.0673. The highest BCUT2D eigenvalue weighted by atomic mass is 16.3. The predicted octanol–water partition coefficient (Wildman–Crippen LogP) is 4.70. The van der Waals surface area contributed by atoms with Gasteiger partial charge in [-0.2, -0.15) is 0 Å². The van der Waals surface area contributed by atoms with E-state index in [1.807, 2.05) is 5.57 Å². The highest BCUT2D eigenvalue weighted by Gasteiger charge is 2.57. The van der Waals surface area contributed by atoms with Crippen molar-refractivity contribution in [1.82, 2.24) is 0 Å². The van der Waals surface area contributed by atoms with Crippen LogP contribution < -0.4 is 0 Å². The maximum Gasteiger partial charge on any atom is 0.0599 e. The van der Waals surface area contributed by atoms with E-state index < -0.39 is 0 Å². The molecule has 0 aromatic heterocycles. The van der Waals surface area contributed by atoms with Gasteiger partial charge in [-0.05, 0) is 93.3 Å². The smallest absolute Gasteiger partial charge is 0.0599 e. The van der Waals surface area contributed by atoms with Crippen molar-refractivity contribution in [2.75, 3.05) is 0 Å². The number of aliphatic hydroxyl groups excluding tert-OH is 1. The second-order valence-electron chi connectivity index (χ2n) is 8.01. The second kappa shape index (κ2) is 4.87. The zero-order valence-electron chi connectivity index (χ0n) is 13.0. The van der Waals surface area contributed by atoms with Gasteiger partial charge in [0.1, 0.15) is 0 Å². The van der Waals surface area contributed by atoms with Gasteiger partial charge in [-0.15, -0.1) is 0 Å². The SMILES string of the molecule is CC[C@]12CCC3C(CCC4=CCCC[C@@H]43)C1CC[C@@H]2O. The molecule has 0 heterocycles. The first-order valence-electron chi connectivity index (χ1n) is 9.13. The van der Waals surface area contributed by atoms with Crippen molar-refractivity contribution >= 4 is 0 Å². The molecule has 0 amide bonds. The first kappa shape index (κ1) is 13.4. The van der Waals surface area contributed by atoms with Gasteiger partial charge in [0.05, 0.1) is 6.10 Å². The Morgan fingerprint density at radius 1 is 1.15 bits per heavy atom. The molecule has 0 saturated heterocycles. The van der Waals surface area contributed by atoms with Crippen molar-refractivity contribution in [2.24, 2.45) is 29.1 Å². The Balaban J connectivity index is 1.64. The van der Waals surface area contributed by atoms with Gasteiger partial charge in [0.15, 0.2) is 0 Å². The fourth-order valence-corrected chi connectivity index (χ4v) is 6.76. The maximum atomic E-state index is 10.6. The third kappa shape index (κ3) is 1.71. The number of fused-ring (bicyclic) bond motifs is 5. The van der Waals surface area contributed by atoms with Crippen LogP contribution in [0.1, 0.15) is 71.1 Å². The lowest BCUT2D eigenvalue weighted by atomic mass is 9.51. The van der Waals surface area contributed by atoms with Gasteiger partial charge in [-0.25, -0.2) is 0 Å². The van der Waals surface area contributed by atoms with Gasteiger partial charge in [-0.1, -0.05) is 18.6 Å². The zero-order valence-corrected chi connectivity index (χ0v) is 13.0. The van der Waals surface area contributed by atoms with E-state index in [1.54, 1.807) is 0 Å². The highest BCUT2D eigenvalue weighted by Crippen LogP contribution is 2.63. The minimum absolute atomic E-state index is 0.00162. The summed E-state index contributed by atoms with van der Waals surface area (Å²) in [6.07, 6.45) is 15.9. The summed E-state index contributed by atoms with van der Waals surface area (Å²) in [7, 11) is 0. The van der Waals surface area contributed by atoms with Crippen LogP contribution in [0.4, 0.5) is 0 Å². The van der Waals surface area contributed by atoms with Crippen LogP contribution in [-0.2, 0) is 0 Å². The summed E-state index contributed by atoms with van der Waals surface area (Å²) < 4.78 is 0. The standard InChI is InChI=1S/C19H30O/c1-2-19-12-11-15-14-6-4-3-5-13(14)7-8-16(15)17(19)9-10-18(19)20/h5,14-18,20H,2-4,6-12H2,1H3/t14-,15?,16?,17?,18-,19-/m0/s1. The summed E-state index contributed by atoms with van der Waals surface area (Å²) in [6.45, 7) is 2.33. The van der Waals surface area contributed by atoms with E-state index in [1.165, 1.54) is 57.8 Å². The molecule has 4 aliphatic carbocycles. The molecular formula is C19H30O. The fourth-order valence-electron chi connectivity index (χ4n) is 6.76. The molecule has 4 aliphatic rings. The van der Waals surface area contributed by atoms with Gasteiger partial charge in [0.2, 0.25) is 0 Å². The molecule has 3 saturated carbocycles. The molecule has 0 radical (unpaired) electrons. The molecule has 0 aliphatic heterocycles. The first-order valence-corrected chi connectivity index (χ1v) is 9.13. The van der Waals surface area contributed by atoms with Crippen molar-refractivity contribution in [3.63, 3.8) is 0 Å². The Bertz CT molecular complexity index is 412. The number of rotatable bonds is 1. The lowest BCUT2D eigenvalue weighted by Gasteiger charge is -2.54. The molecular weight excluding hydrogens is 244 g/mol. The lowest BCUT2D eigenvalue weighted by Crippen LogP contribution is -2.48. The molecule has 0 aromatic carbocycles. The van der Waals surface area contributed by atoms with E-state index in [2.05, 4.69) is 13.0 Å². The van der Waals surface area contributed by atoms with Crippen LogP contribution in [-0.4, -0.2) is 11.2 Å². The number of aliphatic hydroxyl groups is 1. The van der Waals surface area contributed by atoms with Gasteiger partial charge in [-0.3, -0.25) is 0 Å². The van der Waals surface area contributed by atoms with Crippen LogP contribution in [0.2, 0.25) is 0 Å². The Kier molecular flexibility index (Phi) is 3.25. The molecule has 1 nitrogen and oxygen atoms in total. The predicted molar refractivity (Wildman–Crippen MR) is 82.3 cm³/mol. The average Bonchev–Trinajstić information content (AvgIpc) is 2.85. The summed E-state index contributed by atoms with van der Waals surface area (Å²) >= 11 is 0. The molecule has 1 N–H and O–H groups in total. The van der Waals surface area contributed by atoms with Gasteiger partial charge < -0.3 is 5.11 Å². The molecule has 6 atom stereocenters. The molecule has 112 valence electrons. The van der Waals surface area contributed by atoms with E-state index in [0.717, 1.165) is 30.1 Å². The van der Waals surface area contributed by atoms with E-state index in [0.29, 0.717) is 5.41 Å². The molecule has 3 unspecified atom stereocenters. The topological polar surface area (TPSA) is 20.2 Å². The third-order valence-corrected chi connectivity index (χ3v) is 7.71. The van der Waals surface area contributed by atoms with Gasteiger partial charge in [0.25, 0.3) is 0 Å². The second-order valence-corrected chi connectivity index (χ2v) is 8.01. The van der Waals surface area contributed by atoms with Crippen molar-refractivity contribution in [1.29, 1.82) is 0 Å². The van der Waals surface area contributed by atoms with E-state index in [9.17, 15) is 5.11 Å². The van der Waals surface area contributed by atoms with Crippen LogP contribution in [0, 0.1) is 29.1 Å². The molecule has 0 spiro atoms. The first-order chi connectivity index (χ1) is 9.76. The summed E-state index contributed by atoms with van der Waals surface area (Å²) in [5, 5.41) is 10.6. The fraction of sp³-hybridized carbons (Fsp3) is 0.895. The third-order valence-electron chi connectivity index (χ3n) is 7.71. The minimum atomic E-state index is 0.00162. The molecule has 3 fully saturated rings. The summed E-state index contributed by atoms with van der Waals surface area (Å²) in [5.74, 6) is 3.66. The maximum absolute atomic E-state index is 10.6. The average molecular weight is 274 g/mol. The minimum Gasteiger partial charge on any atom is -0.393 e. The van der Waals surface area contributed by atoms with Crippen LogP contribution in [0.25, 0.3) is 0 Å². The highest BCUT2D eigenvalue weighted by molar-refractivity contribution is 5.18. The quantitative estimate of drug-likeness (QED) is 0.687. The zero-order chi connectivity index (χ0) is 13.7. The molecule has 1 heteroatoms. The Labute approximate surface area is 123 Å². The molecule has 4 rings (SSSR count).